The molecular weight excluding hydrogens is 323 g/mol. The van der Waals surface area contributed by atoms with Gasteiger partial charge in [0.1, 0.15) is 11.6 Å². The van der Waals surface area contributed by atoms with E-state index in [1.165, 1.54) is 24.3 Å². The lowest BCUT2D eigenvalue weighted by Crippen LogP contribution is -2.38. The number of phenols is 1. The third-order valence-corrected chi connectivity index (χ3v) is 3.88. The third kappa shape index (κ3) is 3.15. The number of aryl methyl sites for hydroxylation is 1. The second-order valence-corrected chi connectivity index (χ2v) is 5.54. The van der Waals surface area contributed by atoms with Crippen LogP contribution in [-0.4, -0.2) is 30.1 Å². The Balaban J connectivity index is 2.19. The summed E-state index contributed by atoms with van der Waals surface area (Å²) in [6.07, 6.45) is 0. The zero-order valence-electron chi connectivity index (χ0n) is 13.4. The number of nitrogens with one attached hydrogen (secondary N) is 2. The third-order valence-electron chi connectivity index (χ3n) is 3.88. The summed E-state index contributed by atoms with van der Waals surface area (Å²) in [5.74, 6) is -1.09. The molecule has 1 aliphatic rings. The van der Waals surface area contributed by atoms with Crippen molar-refractivity contribution in [1.82, 2.24) is 10.6 Å². The molecule has 1 amide bonds. The molecule has 2 aromatic carbocycles. The standard InChI is InChI=1S/C18H15FN4O2/c1-10-3-4-11(19)9-12(10)15-13(20-2)5-6-14(24)16(15)17(25)23-18-21-7-8-22-18/h3-6,9,24H,7-8H2,1H3,(H2,21,22,23,25). The highest BCUT2D eigenvalue weighted by Crippen LogP contribution is 2.40. The molecule has 3 rings (SSSR count). The number of aliphatic imine (C=N–C) groups is 1. The first-order valence-electron chi connectivity index (χ1n) is 7.61. The molecule has 0 saturated heterocycles. The summed E-state index contributed by atoms with van der Waals surface area (Å²) in [6.45, 7) is 10.3. The smallest absolute Gasteiger partial charge is 0.261 e. The Kier molecular flexibility index (Phi) is 4.35. The van der Waals surface area contributed by atoms with E-state index in [0.29, 0.717) is 30.2 Å². The van der Waals surface area contributed by atoms with E-state index in [9.17, 15) is 14.3 Å². The average molecular weight is 338 g/mol. The molecule has 7 heteroatoms. The van der Waals surface area contributed by atoms with Crippen LogP contribution >= 0.6 is 0 Å². The van der Waals surface area contributed by atoms with Crippen LogP contribution in [0.15, 0.2) is 35.3 Å². The van der Waals surface area contributed by atoms with Gasteiger partial charge in [0.25, 0.3) is 5.91 Å². The van der Waals surface area contributed by atoms with Gasteiger partial charge >= 0.3 is 0 Å². The fraction of sp³-hybridized carbons (Fsp3) is 0.167. The number of hydrogen-bond donors (Lipinski definition) is 3. The zero-order valence-corrected chi connectivity index (χ0v) is 13.4. The van der Waals surface area contributed by atoms with E-state index in [1.54, 1.807) is 13.0 Å². The number of carbonyl (C=O) groups is 1. The Labute approximate surface area is 143 Å². The average Bonchev–Trinajstić information content (AvgIpc) is 3.09. The second kappa shape index (κ2) is 6.61. The van der Waals surface area contributed by atoms with Crippen LogP contribution in [0.5, 0.6) is 5.75 Å². The Morgan fingerprint density at radius 3 is 2.88 bits per heavy atom. The number of amides is 1. The predicted octanol–water partition coefficient (Wildman–Crippen LogP) is 2.75. The topological polar surface area (TPSA) is 78.1 Å². The maximum atomic E-state index is 13.8. The predicted molar refractivity (Wildman–Crippen MR) is 92.3 cm³/mol. The molecule has 1 aliphatic heterocycles. The van der Waals surface area contributed by atoms with Crippen molar-refractivity contribution in [3.63, 3.8) is 0 Å². The fourth-order valence-electron chi connectivity index (χ4n) is 2.69. The molecule has 1 heterocycles. The van der Waals surface area contributed by atoms with Crippen LogP contribution in [0, 0.1) is 19.3 Å². The summed E-state index contributed by atoms with van der Waals surface area (Å²) in [4.78, 5) is 20.2. The van der Waals surface area contributed by atoms with Gasteiger partial charge in [0, 0.05) is 12.1 Å². The zero-order chi connectivity index (χ0) is 18.0. The molecule has 0 fully saturated rings. The van der Waals surface area contributed by atoms with Gasteiger partial charge in [-0.2, -0.15) is 0 Å². The quantitative estimate of drug-likeness (QED) is 0.737. The van der Waals surface area contributed by atoms with Crippen LogP contribution in [0.3, 0.4) is 0 Å². The van der Waals surface area contributed by atoms with Crippen LogP contribution in [0.4, 0.5) is 10.1 Å². The Bertz CT molecular complexity index is 931. The molecule has 6 nitrogen and oxygen atoms in total. The van der Waals surface area contributed by atoms with Crippen molar-refractivity contribution >= 4 is 17.6 Å². The number of guanidine groups is 1. The number of aromatic hydroxyl groups is 1. The lowest BCUT2D eigenvalue weighted by atomic mass is 9.93. The molecule has 2 aromatic rings. The van der Waals surface area contributed by atoms with Crippen LogP contribution in [0.2, 0.25) is 0 Å². The molecule has 0 radical (unpaired) electrons. The molecule has 25 heavy (non-hydrogen) atoms. The number of nitrogens with zero attached hydrogens (tertiary/aromatic N) is 2. The van der Waals surface area contributed by atoms with Gasteiger partial charge in [0.15, 0.2) is 11.6 Å². The van der Waals surface area contributed by atoms with Gasteiger partial charge in [0.2, 0.25) is 0 Å². The van der Waals surface area contributed by atoms with Gasteiger partial charge in [0.05, 0.1) is 18.7 Å². The van der Waals surface area contributed by atoms with Gasteiger partial charge in [-0.25, -0.2) is 9.24 Å². The number of halogens is 1. The Morgan fingerprint density at radius 2 is 2.20 bits per heavy atom. The number of carbonyl (C=O) groups excluding carboxylic acids is 1. The van der Waals surface area contributed by atoms with Gasteiger partial charge in [-0.05, 0) is 36.2 Å². The highest BCUT2D eigenvalue weighted by Gasteiger charge is 2.24. The maximum absolute atomic E-state index is 13.8. The number of benzene rings is 2. The molecule has 3 N–H and O–H groups in total. The van der Waals surface area contributed by atoms with E-state index in [-0.39, 0.29) is 22.6 Å². The highest BCUT2D eigenvalue weighted by molar-refractivity contribution is 6.13. The van der Waals surface area contributed by atoms with Crippen molar-refractivity contribution in [2.75, 3.05) is 13.1 Å². The second-order valence-electron chi connectivity index (χ2n) is 5.54. The van der Waals surface area contributed by atoms with E-state index in [4.69, 9.17) is 6.57 Å². The summed E-state index contributed by atoms with van der Waals surface area (Å²) in [7, 11) is 0. The lowest BCUT2D eigenvalue weighted by Gasteiger charge is -2.16. The van der Waals surface area contributed by atoms with Crippen LogP contribution < -0.4 is 10.6 Å². The number of hydrogen-bond acceptors (Lipinski definition) is 4. The van der Waals surface area contributed by atoms with Crippen molar-refractivity contribution in [3.8, 4) is 16.9 Å². The Morgan fingerprint density at radius 1 is 1.40 bits per heavy atom. The minimum atomic E-state index is -0.616. The normalized spacial score (nSPS) is 12.9. The van der Waals surface area contributed by atoms with E-state index in [2.05, 4.69) is 20.5 Å². The van der Waals surface area contributed by atoms with Gasteiger partial charge < -0.3 is 10.4 Å². The Hall–Kier alpha value is -3.40. The van der Waals surface area contributed by atoms with E-state index in [1.807, 2.05) is 0 Å². The van der Waals surface area contributed by atoms with E-state index < -0.39 is 11.7 Å². The minimum absolute atomic E-state index is 0.0846. The first-order valence-corrected chi connectivity index (χ1v) is 7.61. The summed E-state index contributed by atoms with van der Waals surface area (Å²) >= 11 is 0. The molecule has 0 saturated carbocycles. The number of rotatable bonds is 2. The molecular formula is C18H15FN4O2. The molecule has 0 spiro atoms. The number of phenolic OH excluding ortho intramolecular Hbond substituents is 1. The van der Waals surface area contributed by atoms with E-state index in [0.717, 1.165) is 0 Å². The molecule has 0 aromatic heterocycles. The summed E-state index contributed by atoms with van der Waals surface area (Å²) in [6, 6.07) is 6.80. The van der Waals surface area contributed by atoms with Crippen LogP contribution in [0.1, 0.15) is 15.9 Å². The highest BCUT2D eigenvalue weighted by atomic mass is 19.1. The SMILES string of the molecule is [C-]#[N+]c1ccc(O)c(C(=O)NC2=NCCN2)c1-c1cc(F)ccc1C. The monoisotopic (exact) mass is 338 g/mol. The van der Waals surface area contributed by atoms with Crippen LogP contribution in [0.25, 0.3) is 16.0 Å². The van der Waals surface area contributed by atoms with E-state index >= 15 is 0 Å². The van der Waals surface area contributed by atoms with Crippen LogP contribution in [-0.2, 0) is 0 Å². The molecule has 0 aliphatic carbocycles. The van der Waals surface area contributed by atoms with Crippen molar-refractivity contribution in [2.24, 2.45) is 4.99 Å². The van der Waals surface area contributed by atoms with Crippen molar-refractivity contribution in [2.45, 2.75) is 6.92 Å². The largest absolute Gasteiger partial charge is 0.507 e. The van der Waals surface area contributed by atoms with Crippen molar-refractivity contribution in [1.29, 1.82) is 0 Å². The first kappa shape index (κ1) is 16.5. The summed E-state index contributed by atoms with van der Waals surface area (Å²) < 4.78 is 13.8. The molecule has 126 valence electrons. The molecule has 0 bridgehead atoms. The molecule has 0 atom stereocenters. The van der Waals surface area contributed by atoms with Crippen molar-refractivity contribution in [3.05, 3.63) is 58.7 Å². The molecule has 0 unspecified atom stereocenters. The fourth-order valence-corrected chi connectivity index (χ4v) is 2.69. The van der Waals surface area contributed by atoms with Gasteiger partial charge in [-0.1, -0.05) is 12.1 Å². The van der Waals surface area contributed by atoms with Gasteiger partial charge in [-0.3, -0.25) is 15.1 Å². The van der Waals surface area contributed by atoms with Gasteiger partial charge in [-0.15, -0.1) is 0 Å². The summed E-state index contributed by atoms with van der Waals surface area (Å²) in [5, 5.41) is 15.7. The minimum Gasteiger partial charge on any atom is -0.507 e. The summed E-state index contributed by atoms with van der Waals surface area (Å²) in [5.41, 5.74) is 1.33. The lowest BCUT2D eigenvalue weighted by molar-refractivity contribution is 0.0974. The van der Waals surface area contributed by atoms with Crippen molar-refractivity contribution < 1.29 is 14.3 Å². The first-order chi connectivity index (χ1) is 12.0. The maximum Gasteiger partial charge on any atom is 0.261 e.